The molecule has 0 atom stereocenters. The average molecular weight is 267 g/mol. The van der Waals surface area contributed by atoms with Crippen molar-refractivity contribution in [3.8, 4) is 0 Å². The molecule has 0 aliphatic heterocycles. The third kappa shape index (κ3) is 44.6. The summed E-state index contributed by atoms with van der Waals surface area (Å²) < 4.78 is 24.8. The van der Waals surface area contributed by atoms with Gasteiger partial charge in [0.2, 0.25) is 0 Å². The summed E-state index contributed by atoms with van der Waals surface area (Å²) in [6.45, 7) is 0. The van der Waals surface area contributed by atoms with E-state index in [4.69, 9.17) is 9.30 Å². The molecule has 0 aromatic rings. The predicted molar refractivity (Wildman–Crippen MR) is 9.21 cm³/mol. The number of hydrogen-bond acceptors (Lipinski definition) is 3. The predicted octanol–water partition coefficient (Wildman–Crippen LogP) is -1.01. The van der Waals surface area contributed by atoms with E-state index in [9.17, 15) is 0 Å². The molecule has 0 unspecified atom stereocenters. The van der Waals surface area contributed by atoms with Crippen LogP contribution in [0.3, 0.4) is 0 Å². The van der Waals surface area contributed by atoms with E-state index in [-0.39, 0.29) is 33.8 Å². The van der Waals surface area contributed by atoms with Crippen LogP contribution in [-0.2, 0) is 25.5 Å². The van der Waals surface area contributed by atoms with Crippen LogP contribution in [0, 0.1) is 33.8 Å². The fraction of sp³-hybridized carbons (Fsp3) is 0. The van der Waals surface area contributed by atoms with Crippen molar-refractivity contribution in [3.05, 3.63) is 0 Å². The summed E-state index contributed by atoms with van der Waals surface area (Å²) in [6, 6.07) is 0. The van der Waals surface area contributed by atoms with E-state index in [0.29, 0.717) is 16.2 Å². The fourth-order valence-electron chi connectivity index (χ4n) is 0. The van der Waals surface area contributed by atoms with Crippen LogP contribution in [0.15, 0.2) is 0 Å². The van der Waals surface area contributed by atoms with Gasteiger partial charge in [0, 0.05) is 0 Å². The van der Waals surface area contributed by atoms with Crippen molar-refractivity contribution in [3.63, 3.8) is 0 Å². The molecular weight excluding hydrogens is 266 g/mol. The molecule has 0 heterocycles. The summed E-state index contributed by atoms with van der Waals surface area (Å²) in [5.41, 5.74) is 0. The number of hydrogen-bond donors (Lipinski definition) is 0. The van der Waals surface area contributed by atoms with Gasteiger partial charge in [-0.1, -0.05) is 0 Å². The molecule has 0 N–H and O–H groups in total. The second-order valence-electron chi connectivity index (χ2n) is 0. The molecule has 0 amide bonds. The summed E-state index contributed by atoms with van der Waals surface area (Å²) >= 11 is 1.90. The zero-order valence-corrected chi connectivity index (χ0v) is 9.23. The fourth-order valence-corrected chi connectivity index (χ4v) is 0. The third-order valence-corrected chi connectivity index (χ3v) is 0. The Morgan fingerprint density at radius 3 is 1.17 bits per heavy atom. The molecule has 0 saturated carbocycles. The van der Waals surface area contributed by atoms with E-state index in [1.54, 1.807) is 0 Å². The van der Waals surface area contributed by atoms with Crippen molar-refractivity contribution >= 4 is 16.2 Å². The van der Waals surface area contributed by atoms with Gasteiger partial charge in [0.05, 0.1) is 0 Å². The molecule has 0 aromatic carbocycles. The van der Waals surface area contributed by atoms with Gasteiger partial charge in [-0.3, -0.25) is 0 Å². The Morgan fingerprint density at radius 1 is 1.17 bits per heavy atom. The van der Waals surface area contributed by atoms with Crippen molar-refractivity contribution in [1.29, 1.82) is 0 Å². The molecule has 31 valence electrons. The monoisotopic (exact) mass is 267 g/mol. The quantitative estimate of drug-likeness (QED) is 0.528. The zero-order valence-electron chi connectivity index (χ0n) is 2.92. The first-order valence-electron chi connectivity index (χ1n) is 0.691. The van der Waals surface area contributed by atoms with Crippen LogP contribution in [-0.4, -0.2) is 16.2 Å². The topological polar surface area (TPSA) is 51.2 Å². The van der Waals surface area contributed by atoms with Crippen LogP contribution in [0.2, 0.25) is 0 Å². The van der Waals surface area contributed by atoms with E-state index in [0.717, 1.165) is 0 Å². The van der Waals surface area contributed by atoms with E-state index in [1.807, 2.05) is 0 Å². The van der Waals surface area contributed by atoms with Crippen molar-refractivity contribution in [2.45, 2.75) is 0 Å². The van der Waals surface area contributed by atoms with Crippen LogP contribution in [0.25, 0.3) is 0 Å². The minimum absolute atomic E-state index is 0.0833. The van der Waals surface area contributed by atoms with Gasteiger partial charge in [0.25, 0.3) is 0 Å². The third-order valence-electron chi connectivity index (χ3n) is 0. The molecule has 0 radical (unpaired) electrons. The van der Waals surface area contributed by atoms with Gasteiger partial charge in [-0.15, -0.1) is 0 Å². The van der Waals surface area contributed by atoms with E-state index in [2.05, 4.69) is 0 Å². The Bertz CT molecular complexity index is 15.5. The SMILES string of the molecule is [O]=[AlH].[O]=[Cr].[O]=[La]. The molecule has 6 heteroatoms. The van der Waals surface area contributed by atoms with E-state index >= 15 is 0 Å². The van der Waals surface area contributed by atoms with Crippen LogP contribution < -0.4 is 0 Å². The normalized spacial score (nSPS) is 2.17. The van der Waals surface area contributed by atoms with Crippen molar-refractivity contribution in [1.82, 2.24) is 0 Å². The Kier molecular flexibility index (Phi) is 202. The van der Waals surface area contributed by atoms with Gasteiger partial charge < -0.3 is 0 Å². The molecule has 6 heavy (non-hydrogen) atoms. The van der Waals surface area contributed by atoms with Crippen molar-refractivity contribution in [2.24, 2.45) is 0 Å². The van der Waals surface area contributed by atoms with Gasteiger partial charge >= 0.3 is 75.6 Å². The summed E-state index contributed by atoms with van der Waals surface area (Å²) in [6.07, 6.45) is 0. The Balaban J connectivity index is -0.0000000225. The second-order valence-corrected chi connectivity index (χ2v) is 0. The Labute approximate surface area is 74.5 Å². The summed E-state index contributed by atoms with van der Waals surface area (Å²) in [5.74, 6) is 0. The molecule has 0 rings (SSSR count). The molecular formula is HAlCrLaO3. The van der Waals surface area contributed by atoms with E-state index in [1.165, 1.54) is 16.2 Å². The zero-order chi connectivity index (χ0) is 6.00. The van der Waals surface area contributed by atoms with Gasteiger partial charge in [0.1, 0.15) is 0 Å². The van der Waals surface area contributed by atoms with Gasteiger partial charge in [0.15, 0.2) is 0 Å². The summed E-state index contributed by atoms with van der Waals surface area (Å²) in [4.78, 5) is 0. The molecule has 0 bridgehead atoms. The minimum atomic E-state index is -0.0833. The molecule has 0 aromatic heterocycles. The van der Waals surface area contributed by atoms with Crippen LogP contribution in [0.4, 0.5) is 0 Å². The molecule has 0 aliphatic carbocycles. The first-order valence-corrected chi connectivity index (χ1v) is 3.27. The molecule has 0 aliphatic rings. The molecule has 3 nitrogen and oxygen atoms in total. The van der Waals surface area contributed by atoms with Crippen molar-refractivity contribution in [2.75, 3.05) is 0 Å². The number of rotatable bonds is 0. The second kappa shape index (κ2) is 77.4. The first-order chi connectivity index (χ1) is 3.00. The van der Waals surface area contributed by atoms with Crippen molar-refractivity contribution < 1.29 is 59.3 Å². The maximum atomic E-state index is 8.42. The molecule has 0 fully saturated rings. The van der Waals surface area contributed by atoms with Crippen LogP contribution in [0.5, 0.6) is 0 Å². The van der Waals surface area contributed by atoms with Gasteiger partial charge in [-0.05, 0) is 0 Å². The first kappa shape index (κ1) is 15.6. The van der Waals surface area contributed by atoms with E-state index < -0.39 is 0 Å². The standard InChI is InChI=1S/Al.Cr.La.3O.H. The van der Waals surface area contributed by atoms with Gasteiger partial charge in [-0.25, -0.2) is 0 Å². The Morgan fingerprint density at radius 2 is 1.17 bits per heavy atom. The van der Waals surface area contributed by atoms with Crippen LogP contribution in [0.1, 0.15) is 0 Å². The van der Waals surface area contributed by atoms with Gasteiger partial charge in [-0.2, -0.15) is 0 Å². The maximum absolute atomic E-state index is 8.42. The van der Waals surface area contributed by atoms with Crippen LogP contribution >= 0.6 is 0 Å². The molecule has 0 saturated heterocycles. The summed E-state index contributed by atoms with van der Waals surface area (Å²) in [7, 11) is 0. The average Bonchev–Trinajstić information content (AvgIpc) is 1.81. The Hall–Kier alpha value is 1.66. The molecule has 0 spiro atoms. The summed E-state index contributed by atoms with van der Waals surface area (Å²) in [5, 5.41) is 0.